The molecule has 4 nitrogen and oxygen atoms in total. The van der Waals surface area contributed by atoms with Gasteiger partial charge in [0.15, 0.2) is 0 Å². The number of piperidine rings is 1. The maximum Gasteiger partial charge on any atom is 0.303 e. The largest absolute Gasteiger partial charge is 0.481 e. The highest BCUT2D eigenvalue weighted by Crippen LogP contribution is 2.30. The fourth-order valence-corrected chi connectivity index (χ4v) is 4.16. The molecule has 0 spiro atoms. The average molecular weight is 309 g/mol. The maximum atomic E-state index is 12.7. The number of nitrogens with zero attached hydrogens (tertiary/aromatic N) is 1. The zero-order valence-corrected chi connectivity index (χ0v) is 13.9. The van der Waals surface area contributed by atoms with E-state index >= 15 is 0 Å². The van der Waals surface area contributed by atoms with Gasteiger partial charge in [0, 0.05) is 25.4 Å². The van der Waals surface area contributed by atoms with E-state index in [0.717, 1.165) is 38.3 Å². The Morgan fingerprint density at radius 2 is 1.77 bits per heavy atom. The minimum atomic E-state index is -0.728. The summed E-state index contributed by atoms with van der Waals surface area (Å²) in [5, 5.41) is 8.81. The average Bonchev–Trinajstić information content (AvgIpc) is 2.53. The number of hydrogen-bond acceptors (Lipinski definition) is 2. The Kier molecular flexibility index (Phi) is 6.71. The minimum absolute atomic E-state index is 0.126. The maximum absolute atomic E-state index is 12.7. The molecule has 1 saturated carbocycles. The monoisotopic (exact) mass is 309 g/mol. The molecular formula is C18H31NO3. The minimum Gasteiger partial charge on any atom is -0.481 e. The van der Waals surface area contributed by atoms with E-state index in [2.05, 4.69) is 6.92 Å². The van der Waals surface area contributed by atoms with Crippen LogP contribution in [0, 0.1) is 17.8 Å². The highest BCUT2D eigenvalue weighted by molar-refractivity contribution is 5.78. The lowest BCUT2D eigenvalue weighted by Gasteiger charge is -2.35. The van der Waals surface area contributed by atoms with E-state index in [4.69, 9.17) is 5.11 Å². The molecule has 1 saturated heterocycles. The van der Waals surface area contributed by atoms with Crippen molar-refractivity contribution in [1.29, 1.82) is 0 Å². The van der Waals surface area contributed by atoms with Gasteiger partial charge in [-0.25, -0.2) is 0 Å². The van der Waals surface area contributed by atoms with Crippen molar-refractivity contribution in [3.05, 3.63) is 0 Å². The number of carboxylic acid groups (broad SMARTS) is 1. The summed E-state index contributed by atoms with van der Waals surface area (Å²) in [6, 6.07) is 0. The quantitative estimate of drug-likeness (QED) is 0.814. The standard InChI is InChI=1S/C18H31NO3/c1-14(12-15-6-3-2-4-7-15)18(22)19-11-5-8-16(13-19)9-10-17(20)21/h14-16H,2-13H2,1H3,(H,20,21). The number of amides is 1. The Bertz CT molecular complexity index is 377. The number of aliphatic carboxylic acids is 1. The van der Waals surface area contributed by atoms with Gasteiger partial charge in [-0.1, -0.05) is 39.0 Å². The number of carbonyl (C=O) groups is 2. The zero-order chi connectivity index (χ0) is 15.9. The fraction of sp³-hybridized carbons (Fsp3) is 0.889. The van der Waals surface area contributed by atoms with E-state index in [1.165, 1.54) is 32.1 Å². The molecule has 22 heavy (non-hydrogen) atoms. The molecule has 0 aromatic heterocycles. The highest BCUT2D eigenvalue weighted by atomic mass is 16.4. The summed E-state index contributed by atoms with van der Waals surface area (Å²) in [7, 11) is 0. The Labute approximate surface area is 134 Å². The third kappa shape index (κ3) is 5.29. The number of carbonyl (C=O) groups excluding carboxylic acids is 1. The van der Waals surface area contributed by atoms with Crippen molar-refractivity contribution in [2.45, 2.75) is 71.1 Å². The first-order chi connectivity index (χ1) is 10.6. The van der Waals surface area contributed by atoms with Gasteiger partial charge in [0.2, 0.25) is 5.91 Å². The molecule has 2 fully saturated rings. The number of hydrogen-bond donors (Lipinski definition) is 1. The first-order valence-electron chi connectivity index (χ1n) is 9.07. The smallest absolute Gasteiger partial charge is 0.303 e. The molecule has 2 unspecified atom stereocenters. The van der Waals surface area contributed by atoms with Gasteiger partial charge in [0.1, 0.15) is 0 Å². The lowest BCUT2D eigenvalue weighted by Crippen LogP contribution is -2.43. The van der Waals surface area contributed by atoms with Crippen LogP contribution in [0.2, 0.25) is 0 Å². The van der Waals surface area contributed by atoms with Gasteiger partial charge in [0.05, 0.1) is 0 Å². The Morgan fingerprint density at radius 1 is 1.09 bits per heavy atom. The van der Waals surface area contributed by atoms with Crippen molar-refractivity contribution in [3.63, 3.8) is 0 Å². The summed E-state index contributed by atoms with van der Waals surface area (Å²) in [6.45, 7) is 3.70. The third-order valence-corrected chi connectivity index (χ3v) is 5.43. The van der Waals surface area contributed by atoms with Gasteiger partial charge >= 0.3 is 5.97 Å². The van der Waals surface area contributed by atoms with Crippen molar-refractivity contribution < 1.29 is 14.7 Å². The zero-order valence-electron chi connectivity index (χ0n) is 13.9. The van der Waals surface area contributed by atoms with E-state index in [-0.39, 0.29) is 12.3 Å². The molecule has 4 heteroatoms. The molecule has 1 amide bonds. The summed E-state index contributed by atoms with van der Waals surface area (Å²) in [6.07, 6.45) is 10.6. The van der Waals surface area contributed by atoms with Crippen LogP contribution in [0.15, 0.2) is 0 Å². The normalized spacial score (nSPS) is 25.0. The van der Waals surface area contributed by atoms with Crippen LogP contribution in [-0.2, 0) is 9.59 Å². The second kappa shape index (κ2) is 8.54. The second-order valence-electron chi connectivity index (χ2n) is 7.37. The number of rotatable bonds is 6. The molecule has 1 aliphatic carbocycles. The van der Waals surface area contributed by atoms with Crippen LogP contribution in [-0.4, -0.2) is 35.0 Å². The molecule has 1 aliphatic heterocycles. The van der Waals surface area contributed by atoms with E-state index in [9.17, 15) is 9.59 Å². The summed E-state index contributed by atoms with van der Waals surface area (Å²) in [5.74, 6) is 0.803. The van der Waals surface area contributed by atoms with E-state index in [1.807, 2.05) is 4.90 Å². The van der Waals surface area contributed by atoms with Gasteiger partial charge in [0.25, 0.3) is 0 Å². The molecule has 2 aliphatic rings. The molecule has 0 bridgehead atoms. The Hall–Kier alpha value is -1.06. The topological polar surface area (TPSA) is 57.6 Å². The van der Waals surface area contributed by atoms with Gasteiger partial charge < -0.3 is 10.0 Å². The van der Waals surface area contributed by atoms with Crippen LogP contribution in [0.1, 0.15) is 71.1 Å². The van der Waals surface area contributed by atoms with E-state index in [0.29, 0.717) is 18.2 Å². The Morgan fingerprint density at radius 3 is 2.45 bits per heavy atom. The SMILES string of the molecule is CC(CC1CCCCC1)C(=O)N1CCCC(CCC(=O)O)C1. The third-order valence-electron chi connectivity index (χ3n) is 5.43. The molecule has 0 radical (unpaired) electrons. The molecule has 0 aromatic rings. The Balaban J connectivity index is 1.78. The van der Waals surface area contributed by atoms with Crippen LogP contribution in [0.25, 0.3) is 0 Å². The lowest BCUT2D eigenvalue weighted by atomic mass is 9.82. The highest BCUT2D eigenvalue weighted by Gasteiger charge is 2.28. The molecule has 1 N–H and O–H groups in total. The lowest BCUT2D eigenvalue weighted by molar-refractivity contribution is -0.138. The van der Waals surface area contributed by atoms with E-state index < -0.39 is 5.97 Å². The molecular weight excluding hydrogens is 278 g/mol. The predicted molar refractivity (Wildman–Crippen MR) is 86.5 cm³/mol. The summed E-state index contributed by atoms with van der Waals surface area (Å²) in [4.78, 5) is 25.4. The predicted octanol–water partition coefficient (Wildman–Crippen LogP) is 3.70. The van der Waals surface area contributed by atoms with Crippen molar-refractivity contribution in [2.24, 2.45) is 17.8 Å². The van der Waals surface area contributed by atoms with Gasteiger partial charge in [-0.15, -0.1) is 0 Å². The molecule has 2 rings (SSSR count). The summed E-state index contributed by atoms with van der Waals surface area (Å²) >= 11 is 0. The number of carboxylic acids is 1. The molecule has 0 aromatic carbocycles. The summed E-state index contributed by atoms with van der Waals surface area (Å²) in [5.41, 5.74) is 0. The molecule has 2 atom stereocenters. The van der Waals surface area contributed by atoms with Gasteiger partial charge in [-0.05, 0) is 37.5 Å². The molecule has 1 heterocycles. The van der Waals surface area contributed by atoms with E-state index in [1.54, 1.807) is 0 Å². The van der Waals surface area contributed by atoms with Gasteiger partial charge in [-0.2, -0.15) is 0 Å². The van der Waals surface area contributed by atoms with Crippen LogP contribution in [0.5, 0.6) is 0 Å². The first-order valence-corrected chi connectivity index (χ1v) is 9.07. The first kappa shape index (κ1) is 17.3. The van der Waals surface area contributed by atoms with Crippen molar-refractivity contribution >= 4 is 11.9 Å². The van der Waals surface area contributed by atoms with Crippen LogP contribution < -0.4 is 0 Å². The van der Waals surface area contributed by atoms with Crippen molar-refractivity contribution in [3.8, 4) is 0 Å². The van der Waals surface area contributed by atoms with Crippen molar-refractivity contribution in [2.75, 3.05) is 13.1 Å². The molecule has 126 valence electrons. The summed E-state index contributed by atoms with van der Waals surface area (Å²) < 4.78 is 0. The van der Waals surface area contributed by atoms with Gasteiger partial charge in [-0.3, -0.25) is 9.59 Å². The van der Waals surface area contributed by atoms with Crippen molar-refractivity contribution in [1.82, 2.24) is 4.90 Å². The fourth-order valence-electron chi connectivity index (χ4n) is 4.16. The van der Waals surface area contributed by atoms with Crippen LogP contribution in [0.3, 0.4) is 0 Å². The van der Waals surface area contributed by atoms with Crippen LogP contribution >= 0.6 is 0 Å². The number of likely N-dealkylation sites (tertiary alicyclic amines) is 1. The van der Waals surface area contributed by atoms with Crippen LogP contribution in [0.4, 0.5) is 0 Å². The second-order valence-corrected chi connectivity index (χ2v) is 7.37.